The van der Waals surface area contributed by atoms with Gasteiger partial charge >= 0.3 is 5.69 Å². The lowest BCUT2D eigenvalue weighted by Crippen LogP contribution is -2.34. The van der Waals surface area contributed by atoms with Crippen molar-refractivity contribution < 1.29 is 22.3 Å². The third kappa shape index (κ3) is 4.81. The molecule has 34 heavy (non-hydrogen) atoms. The van der Waals surface area contributed by atoms with Gasteiger partial charge in [-0.15, -0.1) is 0 Å². The summed E-state index contributed by atoms with van der Waals surface area (Å²) in [5, 5.41) is 18.4. The SMILES string of the molecule is CCc1noc(C2CCN(c3ncnc(Nc4ccc(S(C)(=O)=O)cc4F)c3[N+](=O)[O-])CC2)n1. The summed E-state index contributed by atoms with van der Waals surface area (Å²) in [6, 6.07) is 3.25. The maximum atomic E-state index is 14.5. The lowest BCUT2D eigenvalue weighted by atomic mass is 9.96. The average molecular weight is 492 g/mol. The van der Waals surface area contributed by atoms with Crippen molar-refractivity contribution >= 4 is 32.8 Å². The highest BCUT2D eigenvalue weighted by Crippen LogP contribution is 2.37. The van der Waals surface area contributed by atoms with Crippen LogP contribution in [0.5, 0.6) is 0 Å². The first-order chi connectivity index (χ1) is 16.2. The van der Waals surface area contributed by atoms with Crippen molar-refractivity contribution in [2.75, 3.05) is 29.6 Å². The molecule has 14 heteroatoms. The first-order valence-electron chi connectivity index (χ1n) is 10.5. The third-order valence-electron chi connectivity index (χ3n) is 5.55. The van der Waals surface area contributed by atoms with Gasteiger partial charge in [0.25, 0.3) is 0 Å². The summed E-state index contributed by atoms with van der Waals surface area (Å²) in [7, 11) is -3.61. The fourth-order valence-electron chi connectivity index (χ4n) is 3.73. The number of benzene rings is 1. The number of piperidine rings is 1. The van der Waals surface area contributed by atoms with Gasteiger partial charge in [-0.2, -0.15) is 4.98 Å². The summed E-state index contributed by atoms with van der Waals surface area (Å²) in [6.07, 6.45) is 4.06. The number of aryl methyl sites for hydroxylation is 1. The van der Waals surface area contributed by atoms with E-state index in [9.17, 15) is 22.9 Å². The standard InChI is InChI=1S/C20H22FN7O5S/c1-3-16-25-20(33-26-16)12-6-8-27(9-7-12)19-17(28(29)30)18(22-11-23-19)24-15-5-4-13(10-14(15)21)34(2,31)32/h4-5,10-12H,3,6-9H2,1-2H3,(H,22,23,24). The summed E-state index contributed by atoms with van der Waals surface area (Å²) >= 11 is 0. The van der Waals surface area contributed by atoms with Gasteiger partial charge in [0.15, 0.2) is 15.7 Å². The number of nitrogens with zero attached hydrogens (tertiary/aromatic N) is 6. The van der Waals surface area contributed by atoms with Crippen LogP contribution in [-0.4, -0.2) is 52.8 Å². The Balaban J connectivity index is 1.57. The van der Waals surface area contributed by atoms with E-state index in [0.29, 0.717) is 44.1 Å². The Bertz CT molecular complexity index is 1320. The van der Waals surface area contributed by atoms with Gasteiger partial charge in [-0.25, -0.2) is 22.8 Å². The van der Waals surface area contributed by atoms with E-state index in [1.165, 1.54) is 12.1 Å². The summed E-state index contributed by atoms with van der Waals surface area (Å²) in [6.45, 7) is 2.86. The molecular formula is C20H22FN7O5S. The fraction of sp³-hybridized carbons (Fsp3) is 0.400. The Morgan fingerprint density at radius 3 is 2.62 bits per heavy atom. The van der Waals surface area contributed by atoms with E-state index in [1.807, 2.05) is 6.92 Å². The van der Waals surface area contributed by atoms with Crippen molar-refractivity contribution in [1.29, 1.82) is 0 Å². The van der Waals surface area contributed by atoms with E-state index in [1.54, 1.807) is 4.90 Å². The number of halogens is 1. The molecule has 4 rings (SSSR count). The van der Waals surface area contributed by atoms with Gasteiger partial charge in [0.1, 0.15) is 12.1 Å². The van der Waals surface area contributed by atoms with Crippen LogP contribution >= 0.6 is 0 Å². The van der Waals surface area contributed by atoms with Crippen LogP contribution in [0, 0.1) is 15.9 Å². The van der Waals surface area contributed by atoms with Gasteiger partial charge in [0, 0.05) is 31.7 Å². The molecule has 0 radical (unpaired) electrons. The molecule has 12 nitrogen and oxygen atoms in total. The van der Waals surface area contributed by atoms with Crippen LogP contribution < -0.4 is 10.2 Å². The highest BCUT2D eigenvalue weighted by atomic mass is 32.2. The second-order valence-corrected chi connectivity index (χ2v) is 9.87. The monoisotopic (exact) mass is 491 g/mol. The van der Waals surface area contributed by atoms with Gasteiger partial charge < -0.3 is 14.7 Å². The topological polar surface area (TPSA) is 157 Å². The number of nitro groups is 1. The number of hydrogen-bond donors (Lipinski definition) is 1. The van der Waals surface area contributed by atoms with Gasteiger partial charge in [0.05, 0.1) is 15.5 Å². The first-order valence-corrected chi connectivity index (χ1v) is 12.4. The second kappa shape index (κ2) is 9.29. The lowest BCUT2D eigenvalue weighted by Gasteiger charge is -2.30. The second-order valence-electron chi connectivity index (χ2n) is 7.85. The molecule has 180 valence electrons. The van der Waals surface area contributed by atoms with E-state index in [4.69, 9.17) is 4.52 Å². The van der Waals surface area contributed by atoms with Gasteiger partial charge in [0.2, 0.25) is 17.5 Å². The Labute approximate surface area is 194 Å². The van der Waals surface area contributed by atoms with Gasteiger partial charge in [-0.05, 0) is 31.0 Å². The summed E-state index contributed by atoms with van der Waals surface area (Å²) in [5.74, 6) is 0.260. The van der Waals surface area contributed by atoms with E-state index in [0.717, 1.165) is 18.6 Å². The molecule has 0 spiro atoms. The maximum absolute atomic E-state index is 14.5. The molecule has 1 saturated heterocycles. The first kappa shape index (κ1) is 23.5. The van der Waals surface area contributed by atoms with E-state index >= 15 is 0 Å². The zero-order chi connectivity index (χ0) is 24.5. The fourth-order valence-corrected chi connectivity index (χ4v) is 4.36. The van der Waals surface area contributed by atoms with Crippen molar-refractivity contribution in [2.24, 2.45) is 0 Å². The van der Waals surface area contributed by atoms with Crippen LogP contribution in [0.2, 0.25) is 0 Å². The normalized spacial score (nSPS) is 14.9. The molecule has 0 amide bonds. The van der Waals surface area contributed by atoms with E-state index in [-0.39, 0.29) is 28.1 Å². The lowest BCUT2D eigenvalue weighted by molar-refractivity contribution is -0.383. The Morgan fingerprint density at radius 2 is 2.03 bits per heavy atom. The number of sulfone groups is 1. The van der Waals surface area contributed by atoms with Crippen LogP contribution in [0.4, 0.5) is 27.4 Å². The highest BCUT2D eigenvalue weighted by molar-refractivity contribution is 7.90. The summed E-state index contributed by atoms with van der Waals surface area (Å²) in [4.78, 5) is 25.3. The minimum Gasteiger partial charge on any atom is -0.351 e. The molecule has 1 N–H and O–H groups in total. The van der Waals surface area contributed by atoms with Crippen LogP contribution in [0.15, 0.2) is 33.9 Å². The van der Waals surface area contributed by atoms with Crippen molar-refractivity contribution in [1.82, 2.24) is 20.1 Å². The molecule has 0 atom stereocenters. The number of nitrogens with one attached hydrogen (secondary N) is 1. The summed E-state index contributed by atoms with van der Waals surface area (Å²) < 4.78 is 43.1. The van der Waals surface area contributed by atoms with Crippen molar-refractivity contribution in [3.05, 3.63) is 52.2 Å². The minimum atomic E-state index is -3.61. The molecular weight excluding hydrogens is 469 g/mol. The van der Waals surface area contributed by atoms with Gasteiger partial charge in [-0.3, -0.25) is 10.1 Å². The molecule has 1 aromatic carbocycles. The number of hydrogen-bond acceptors (Lipinski definition) is 11. The number of rotatable bonds is 7. The minimum absolute atomic E-state index is 0.0463. The zero-order valence-corrected chi connectivity index (χ0v) is 19.2. The van der Waals surface area contributed by atoms with Crippen molar-refractivity contribution in [3.63, 3.8) is 0 Å². The van der Waals surface area contributed by atoms with E-state index in [2.05, 4.69) is 25.4 Å². The third-order valence-corrected chi connectivity index (χ3v) is 6.66. The average Bonchev–Trinajstić information content (AvgIpc) is 3.29. The van der Waals surface area contributed by atoms with Crippen molar-refractivity contribution in [3.8, 4) is 0 Å². The Morgan fingerprint density at radius 1 is 1.29 bits per heavy atom. The molecule has 3 aromatic rings. The number of anilines is 3. The van der Waals surface area contributed by atoms with Gasteiger partial charge in [-0.1, -0.05) is 12.1 Å². The molecule has 0 saturated carbocycles. The largest absolute Gasteiger partial charge is 0.353 e. The summed E-state index contributed by atoms with van der Waals surface area (Å²) in [5.41, 5.74) is -0.555. The molecule has 1 aliphatic rings. The van der Waals surface area contributed by atoms with Crippen LogP contribution in [-0.2, 0) is 16.3 Å². The molecule has 1 aliphatic heterocycles. The molecule has 3 heterocycles. The molecule has 0 bridgehead atoms. The maximum Gasteiger partial charge on any atom is 0.353 e. The smallest absolute Gasteiger partial charge is 0.351 e. The molecule has 0 aliphatic carbocycles. The molecule has 1 fully saturated rings. The zero-order valence-electron chi connectivity index (χ0n) is 18.4. The Kier molecular flexibility index (Phi) is 6.41. The van der Waals surface area contributed by atoms with Crippen LogP contribution in [0.1, 0.15) is 37.4 Å². The predicted octanol–water partition coefficient (Wildman–Crippen LogP) is 3.00. The van der Waals surface area contributed by atoms with Crippen molar-refractivity contribution in [2.45, 2.75) is 37.0 Å². The van der Waals surface area contributed by atoms with Crippen LogP contribution in [0.25, 0.3) is 0 Å². The van der Waals surface area contributed by atoms with E-state index < -0.39 is 26.3 Å². The highest BCUT2D eigenvalue weighted by Gasteiger charge is 2.32. The Hall–Kier alpha value is -3.68. The quantitative estimate of drug-likeness (QED) is 0.382. The predicted molar refractivity (Wildman–Crippen MR) is 119 cm³/mol. The number of aromatic nitrogens is 4. The molecule has 2 aromatic heterocycles. The van der Waals surface area contributed by atoms with Crippen LogP contribution in [0.3, 0.4) is 0 Å². The molecule has 0 unspecified atom stereocenters.